The topological polar surface area (TPSA) is 69.6 Å². The van der Waals surface area contributed by atoms with Gasteiger partial charge in [0.05, 0.1) is 6.54 Å². The smallest absolute Gasteiger partial charge is 0.328 e. The number of carboxylic acid groups (broad SMARTS) is 1. The average Bonchev–Trinajstić information content (AvgIpc) is 2.29. The fourth-order valence-electron chi connectivity index (χ4n) is 1.68. The molecular formula is C11H18N2O3. The number of piperidine rings is 1. The Labute approximate surface area is 95.1 Å². The maximum absolute atomic E-state index is 11.6. The van der Waals surface area contributed by atoms with E-state index in [9.17, 15) is 9.59 Å². The van der Waals surface area contributed by atoms with Crippen LogP contribution in [-0.2, 0) is 9.59 Å². The first-order valence-corrected chi connectivity index (χ1v) is 5.58. The van der Waals surface area contributed by atoms with Gasteiger partial charge in [-0.05, 0) is 19.3 Å². The normalized spacial score (nSPS) is 16.6. The third kappa shape index (κ3) is 4.93. The van der Waals surface area contributed by atoms with Crippen LogP contribution in [0.25, 0.3) is 0 Å². The van der Waals surface area contributed by atoms with Crippen LogP contribution < -0.4 is 5.32 Å². The molecule has 1 rings (SSSR count). The summed E-state index contributed by atoms with van der Waals surface area (Å²) < 4.78 is 0. The van der Waals surface area contributed by atoms with Crippen molar-refractivity contribution < 1.29 is 14.7 Å². The number of aliphatic carboxylic acids is 1. The lowest BCUT2D eigenvalue weighted by molar-refractivity contribution is -0.132. The second-order valence-electron chi connectivity index (χ2n) is 3.81. The number of nitrogens with zero attached hydrogens (tertiary/aromatic N) is 1. The third-order valence-electron chi connectivity index (χ3n) is 2.51. The summed E-state index contributed by atoms with van der Waals surface area (Å²) in [5.41, 5.74) is 0. The number of nitrogens with one attached hydrogen (secondary N) is 1. The molecule has 1 fully saturated rings. The third-order valence-corrected chi connectivity index (χ3v) is 2.51. The van der Waals surface area contributed by atoms with Crippen molar-refractivity contribution >= 4 is 11.9 Å². The predicted octanol–water partition coefficient (Wildman–Crippen LogP) is 0.229. The SMILES string of the molecule is O=C(O)/C=C/CNCC(=O)N1CCCCC1. The van der Waals surface area contributed by atoms with E-state index in [0.717, 1.165) is 32.0 Å². The largest absolute Gasteiger partial charge is 0.478 e. The van der Waals surface area contributed by atoms with Crippen LogP contribution in [0, 0.1) is 0 Å². The van der Waals surface area contributed by atoms with E-state index in [1.807, 2.05) is 4.90 Å². The molecule has 0 aromatic carbocycles. The average molecular weight is 226 g/mol. The molecule has 0 atom stereocenters. The number of carbonyl (C=O) groups is 2. The molecule has 0 bridgehead atoms. The molecule has 1 saturated heterocycles. The van der Waals surface area contributed by atoms with Crippen LogP contribution in [0.5, 0.6) is 0 Å². The Bertz CT molecular complexity index is 270. The highest BCUT2D eigenvalue weighted by atomic mass is 16.4. The molecule has 0 aromatic heterocycles. The first-order chi connectivity index (χ1) is 7.70. The highest BCUT2D eigenvalue weighted by Gasteiger charge is 2.15. The van der Waals surface area contributed by atoms with E-state index in [2.05, 4.69) is 5.32 Å². The number of carbonyl (C=O) groups excluding carboxylic acids is 1. The summed E-state index contributed by atoms with van der Waals surface area (Å²) in [5, 5.41) is 11.2. The van der Waals surface area contributed by atoms with E-state index in [-0.39, 0.29) is 12.5 Å². The number of carboxylic acids is 1. The molecule has 5 heteroatoms. The van der Waals surface area contributed by atoms with Gasteiger partial charge in [0.1, 0.15) is 0 Å². The molecule has 5 nitrogen and oxygen atoms in total. The molecule has 0 saturated carbocycles. The first-order valence-electron chi connectivity index (χ1n) is 5.58. The van der Waals surface area contributed by atoms with Crippen molar-refractivity contribution in [3.63, 3.8) is 0 Å². The Balaban J connectivity index is 2.12. The van der Waals surface area contributed by atoms with Gasteiger partial charge in [-0.15, -0.1) is 0 Å². The summed E-state index contributed by atoms with van der Waals surface area (Å²) in [5.74, 6) is -0.868. The maximum atomic E-state index is 11.6. The number of rotatable bonds is 5. The molecular weight excluding hydrogens is 208 g/mol. The number of hydrogen-bond acceptors (Lipinski definition) is 3. The zero-order chi connectivity index (χ0) is 11.8. The lowest BCUT2D eigenvalue weighted by Crippen LogP contribution is -2.41. The fourth-order valence-corrected chi connectivity index (χ4v) is 1.68. The molecule has 1 aliphatic rings. The van der Waals surface area contributed by atoms with Gasteiger partial charge >= 0.3 is 5.97 Å². The van der Waals surface area contributed by atoms with Gasteiger partial charge in [-0.25, -0.2) is 4.79 Å². The molecule has 1 aliphatic heterocycles. The molecule has 1 heterocycles. The standard InChI is InChI=1S/C11H18N2O3/c14-10(13-7-2-1-3-8-13)9-12-6-4-5-11(15)16/h4-5,12H,1-3,6-9H2,(H,15,16)/b5-4+. The molecule has 0 aromatic rings. The first kappa shape index (κ1) is 12.7. The lowest BCUT2D eigenvalue weighted by Gasteiger charge is -2.26. The zero-order valence-electron chi connectivity index (χ0n) is 9.32. The Morgan fingerprint density at radius 2 is 1.94 bits per heavy atom. The fraction of sp³-hybridized carbons (Fsp3) is 0.636. The minimum atomic E-state index is -0.968. The van der Waals surface area contributed by atoms with Crippen molar-refractivity contribution in [3.8, 4) is 0 Å². The molecule has 0 aliphatic carbocycles. The van der Waals surface area contributed by atoms with Crippen molar-refractivity contribution in [3.05, 3.63) is 12.2 Å². The van der Waals surface area contributed by atoms with Gasteiger partial charge in [-0.3, -0.25) is 4.79 Å². The van der Waals surface area contributed by atoms with Crippen molar-refractivity contribution in [2.75, 3.05) is 26.2 Å². The molecule has 90 valence electrons. The van der Waals surface area contributed by atoms with Crippen LogP contribution in [0.1, 0.15) is 19.3 Å². The number of hydrogen-bond donors (Lipinski definition) is 2. The van der Waals surface area contributed by atoms with E-state index in [1.165, 1.54) is 12.5 Å². The van der Waals surface area contributed by atoms with Gasteiger partial charge in [-0.1, -0.05) is 6.08 Å². The van der Waals surface area contributed by atoms with E-state index < -0.39 is 5.97 Å². The predicted molar refractivity (Wildman–Crippen MR) is 60.1 cm³/mol. The van der Waals surface area contributed by atoms with Gasteiger partial charge in [0, 0.05) is 25.7 Å². The second-order valence-corrected chi connectivity index (χ2v) is 3.81. The minimum absolute atomic E-state index is 0.100. The van der Waals surface area contributed by atoms with E-state index in [1.54, 1.807) is 0 Å². The van der Waals surface area contributed by atoms with Gasteiger partial charge in [0.15, 0.2) is 0 Å². The quantitative estimate of drug-likeness (QED) is 0.520. The highest BCUT2D eigenvalue weighted by Crippen LogP contribution is 2.07. The van der Waals surface area contributed by atoms with E-state index in [4.69, 9.17) is 5.11 Å². The molecule has 0 unspecified atom stereocenters. The summed E-state index contributed by atoms with van der Waals surface area (Å²) in [6, 6.07) is 0. The van der Waals surface area contributed by atoms with Crippen LogP contribution in [0.3, 0.4) is 0 Å². The monoisotopic (exact) mass is 226 g/mol. The Morgan fingerprint density at radius 1 is 1.25 bits per heavy atom. The lowest BCUT2D eigenvalue weighted by atomic mass is 10.1. The Kier molecular flexibility index (Phi) is 5.56. The van der Waals surface area contributed by atoms with Crippen LogP contribution in [0.15, 0.2) is 12.2 Å². The van der Waals surface area contributed by atoms with E-state index in [0.29, 0.717) is 6.54 Å². The zero-order valence-corrected chi connectivity index (χ0v) is 9.32. The summed E-state index contributed by atoms with van der Waals surface area (Å²) in [4.78, 5) is 23.6. The van der Waals surface area contributed by atoms with Gasteiger partial charge < -0.3 is 15.3 Å². The highest BCUT2D eigenvalue weighted by molar-refractivity contribution is 5.80. The molecule has 16 heavy (non-hydrogen) atoms. The summed E-state index contributed by atoms with van der Waals surface area (Å²) in [6.45, 7) is 2.40. The minimum Gasteiger partial charge on any atom is -0.478 e. The van der Waals surface area contributed by atoms with Crippen LogP contribution >= 0.6 is 0 Å². The summed E-state index contributed by atoms with van der Waals surface area (Å²) >= 11 is 0. The number of likely N-dealkylation sites (tertiary alicyclic amines) is 1. The van der Waals surface area contributed by atoms with Crippen molar-refractivity contribution in [2.45, 2.75) is 19.3 Å². The van der Waals surface area contributed by atoms with Crippen LogP contribution in [-0.4, -0.2) is 48.1 Å². The molecule has 1 amide bonds. The van der Waals surface area contributed by atoms with Gasteiger partial charge in [-0.2, -0.15) is 0 Å². The Hall–Kier alpha value is -1.36. The van der Waals surface area contributed by atoms with Gasteiger partial charge in [0.25, 0.3) is 0 Å². The van der Waals surface area contributed by atoms with E-state index >= 15 is 0 Å². The molecule has 2 N–H and O–H groups in total. The van der Waals surface area contributed by atoms with Crippen molar-refractivity contribution in [1.82, 2.24) is 10.2 Å². The van der Waals surface area contributed by atoms with Crippen molar-refractivity contribution in [1.29, 1.82) is 0 Å². The number of amides is 1. The molecule has 0 spiro atoms. The maximum Gasteiger partial charge on any atom is 0.328 e. The van der Waals surface area contributed by atoms with Gasteiger partial charge in [0.2, 0.25) is 5.91 Å². The van der Waals surface area contributed by atoms with Crippen LogP contribution in [0.4, 0.5) is 0 Å². The van der Waals surface area contributed by atoms with Crippen LogP contribution in [0.2, 0.25) is 0 Å². The van der Waals surface area contributed by atoms with Crippen molar-refractivity contribution in [2.24, 2.45) is 0 Å². The second kappa shape index (κ2) is 7.00. The Morgan fingerprint density at radius 3 is 2.56 bits per heavy atom. The molecule has 0 radical (unpaired) electrons. The summed E-state index contributed by atoms with van der Waals surface area (Å²) in [6.07, 6.45) is 5.94. The summed E-state index contributed by atoms with van der Waals surface area (Å²) in [7, 11) is 0.